The van der Waals surface area contributed by atoms with Crippen LogP contribution in [0.2, 0.25) is 10.0 Å². The quantitative estimate of drug-likeness (QED) is 0.504. The number of hydrogen-bond acceptors (Lipinski definition) is 3. The molecule has 2 aromatic carbocycles. The van der Waals surface area contributed by atoms with Gasteiger partial charge in [-0.25, -0.2) is 0 Å². The van der Waals surface area contributed by atoms with Crippen LogP contribution in [0.1, 0.15) is 24.8 Å². The molecular formula is C19H21Cl2NO2S. The van der Waals surface area contributed by atoms with Crippen molar-refractivity contribution in [3.05, 3.63) is 58.1 Å². The molecule has 1 amide bonds. The van der Waals surface area contributed by atoms with Gasteiger partial charge in [-0.1, -0.05) is 35.3 Å². The van der Waals surface area contributed by atoms with E-state index in [1.807, 2.05) is 30.3 Å². The first kappa shape index (κ1) is 20.0. The molecule has 1 N–H and O–H groups in total. The summed E-state index contributed by atoms with van der Waals surface area (Å²) >= 11 is 15.3. The highest BCUT2D eigenvalue weighted by molar-refractivity contribution is 7.80. The smallest absolute Gasteiger partial charge is 0.224 e. The number of benzene rings is 2. The summed E-state index contributed by atoms with van der Waals surface area (Å²) < 4.78 is 5.65. The minimum absolute atomic E-state index is 0.0972. The summed E-state index contributed by atoms with van der Waals surface area (Å²) in [6.45, 7) is 0.728. The van der Waals surface area contributed by atoms with Gasteiger partial charge in [0.1, 0.15) is 5.75 Å². The largest absolute Gasteiger partial charge is 0.494 e. The maximum atomic E-state index is 11.2. The lowest BCUT2D eigenvalue weighted by Crippen LogP contribution is -2.18. The van der Waals surface area contributed by atoms with E-state index in [1.165, 1.54) is 0 Å². The second-order valence-corrected chi connectivity index (χ2v) is 6.82. The number of unbranched alkanes of at least 4 members (excludes halogenated alkanes) is 1. The average molecular weight is 398 g/mol. The fraction of sp³-hybridized carbons (Fsp3) is 0.316. The highest BCUT2D eigenvalue weighted by Gasteiger charge is 2.14. The minimum atomic E-state index is 0.0972. The minimum Gasteiger partial charge on any atom is -0.494 e. The molecule has 0 atom stereocenters. The molecular weight excluding hydrogens is 377 g/mol. The molecule has 25 heavy (non-hydrogen) atoms. The molecule has 0 saturated carbocycles. The van der Waals surface area contributed by atoms with Gasteiger partial charge in [-0.05, 0) is 60.9 Å². The number of ether oxygens (including phenoxy) is 1. The molecule has 0 bridgehead atoms. The third-order valence-electron chi connectivity index (χ3n) is 3.62. The molecule has 0 fully saturated rings. The highest BCUT2D eigenvalue weighted by atomic mass is 35.5. The van der Waals surface area contributed by atoms with Gasteiger partial charge in [0, 0.05) is 12.1 Å². The Kier molecular flexibility index (Phi) is 8.45. The Morgan fingerprint density at radius 1 is 1.04 bits per heavy atom. The van der Waals surface area contributed by atoms with Crippen molar-refractivity contribution in [2.75, 3.05) is 17.7 Å². The number of rotatable bonds is 5. The number of nitrogens with one attached hydrogen (secondary N) is 1. The van der Waals surface area contributed by atoms with E-state index in [2.05, 4.69) is 17.9 Å². The summed E-state index contributed by atoms with van der Waals surface area (Å²) in [7, 11) is 0. The lowest BCUT2D eigenvalue weighted by molar-refractivity contribution is -0.116. The van der Waals surface area contributed by atoms with Crippen LogP contribution >= 0.6 is 35.8 Å². The van der Waals surface area contributed by atoms with E-state index in [9.17, 15) is 4.79 Å². The van der Waals surface area contributed by atoms with Crippen molar-refractivity contribution < 1.29 is 9.53 Å². The number of aryl methyl sites for hydroxylation is 1. The lowest BCUT2D eigenvalue weighted by Gasteiger charge is -2.17. The summed E-state index contributed by atoms with van der Waals surface area (Å²) in [6, 6.07) is 13.0. The third kappa shape index (κ3) is 6.81. The third-order valence-corrected chi connectivity index (χ3v) is 4.69. The SMILES string of the molecule is Clc1ccccc1Cl.O=C1CCc2cc(OCCCCS)ccc2N1. The topological polar surface area (TPSA) is 38.3 Å². The summed E-state index contributed by atoms with van der Waals surface area (Å²) in [5, 5.41) is 4.07. The van der Waals surface area contributed by atoms with Gasteiger partial charge in [0.05, 0.1) is 16.7 Å². The predicted molar refractivity (Wildman–Crippen MR) is 108 cm³/mol. The fourth-order valence-electron chi connectivity index (χ4n) is 2.29. The standard InChI is InChI=1S/C13H17NO2S.C6H4Cl2/c15-13-6-3-10-9-11(4-5-12(10)14-13)16-7-1-2-8-17;7-5-3-1-2-4-6(5)8/h4-5,9,17H,1-3,6-8H2,(H,14,15);1-4H. The Bertz CT molecular complexity index is 689. The predicted octanol–water partition coefficient (Wildman–Crippen LogP) is 5.65. The van der Waals surface area contributed by atoms with Crippen LogP contribution in [0.4, 0.5) is 5.69 Å². The molecule has 0 radical (unpaired) electrons. The first-order valence-electron chi connectivity index (χ1n) is 8.16. The Morgan fingerprint density at radius 3 is 2.40 bits per heavy atom. The Balaban J connectivity index is 0.000000236. The van der Waals surface area contributed by atoms with Crippen molar-refractivity contribution in [2.45, 2.75) is 25.7 Å². The molecule has 2 aromatic rings. The van der Waals surface area contributed by atoms with Gasteiger partial charge in [-0.3, -0.25) is 4.79 Å². The molecule has 1 heterocycles. The number of fused-ring (bicyclic) bond motifs is 1. The van der Waals surface area contributed by atoms with E-state index >= 15 is 0 Å². The van der Waals surface area contributed by atoms with Gasteiger partial charge in [-0.15, -0.1) is 0 Å². The van der Waals surface area contributed by atoms with E-state index in [1.54, 1.807) is 12.1 Å². The number of carbonyl (C=O) groups excluding carboxylic acids is 1. The highest BCUT2D eigenvalue weighted by Crippen LogP contribution is 2.26. The fourth-order valence-corrected chi connectivity index (χ4v) is 2.79. The van der Waals surface area contributed by atoms with Crippen molar-refractivity contribution in [1.82, 2.24) is 0 Å². The summed E-state index contributed by atoms with van der Waals surface area (Å²) in [4.78, 5) is 11.2. The van der Waals surface area contributed by atoms with Crippen molar-refractivity contribution in [2.24, 2.45) is 0 Å². The number of amides is 1. The first-order chi connectivity index (χ1) is 12.1. The summed E-state index contributed by atoms with van der Waals surface area (Å²) in [6.07, 6.45) is 3.46. The Morgan fingerprint density at radius 2 is 1.76 bits per heavy atom. The summed E-state index contributed by atoms with van der Waals surface area (Å²) in [5.74, 6) is 1.89. The molecule has 1 aliphatic rings. The number of hydrogen-bond donors (Lipinski definition) is 2. The van der Waals surface area contributed by atoms with Crippen LogP contribution < -0.4 is 10.1 Å². The number of carbonyl (C=O) groups is 1. The van der Waals surface area contributed by atoms with Crippen molar-refractivity contribution in [3.8, 4) is 5.75 Å². The zero-order valence-electron chi connectivity index (χ0n) is 13.8. The van der Waals surface area contributed by atoms with E-state index in [4.69, 9.17) is 27.9 Å². The van der Waals surface area contributed by atoms with Crippen LogP contribution in [0.3, 0.4) is 0 Å². The molecule has 0 spiro atoms. The molecule has 1 aliphatic heterocycles. The molecule has 0 aliphatic carbocycles. The molecule has 0 unspecified atom stereocenters. The van der Waals surface area contributed by atoms with Crippen LogP contribution in [-0.4, -0.2) is 18.3 Å². The molecule has 134 valence electrons. The van der Waals surface area contributed by atoms with E-state index in [-0.39, 0.29) is 5.91 Å². The van der Waals surface area contributed by atoms with Crippen molar-refractivity contribution >= 4 is 47.4 Å². The second kappa shape index (κ2) is 10.6. The van der Waals surface area contributed by atoms with Gasteiger partial charge in [0.2, 0.25) is 5.91 Å². The summed E-state index contributed by atoms with van der Waals surface area (Å²) in [5.41, 5.74) is 2.08. The van der Waals surface area contributed by atoms with Gasteiger partial charge >= 0.3 is 0 Å². The first-order valence-corrected chi connectivity index (χ1v) is 9.55. The maximum absolute atomic E-state index is 11.2. The monoisotopic (exact) mass is 397 g/mol. The van der Waals surface area contributed by atoms with Crippen molar-refractivity contribution in [1.29, 1.82) is 0 Å². The van der Waals surface area contributed by atoms with E-state index < -0.39 is 0 Å². The van der Waals surface area contributed by atoms with E-state index in [0.29, 0.717) is 16.5 Å². The second-order valence-electron chi connectivity index (χ2n) is 5.56. The molecule has 0 aromatic heterocycles. The maximum Gasteiger partial charge on any atom is 0.224 e. The molecule has 3 nitrogen and oxygen atoms in total. The zero-order valence-corrected chi connectivity index (χ0v) is 16.2. The Labute approximate surface area is 164 Å². The number of anilines is 1. The van der Waals surface area contributed by atoms with Crippen LogP contribution in [0, 0.1) is 0 Å². The van der Waals surface area contributed by atoms with Crippen LogP contribution in [0.5, 0.6) is 5.75 Å². The van der Waals surface area contributed by atoms with Gasteiger partial charge in [0.25, 0.3) is 0 Å². The average Bonchev–Trinajstić information content (AvgIpc) is 2.62. The van der Waals surface area contributed by atoms with Crippen molar-refractivity contribution in [3.63, 3.8) is 0 Å². The van der Waals surface area contributed by atoms with Crippen LogP contribution in [0.25, 0.3) is 0 Å². The normalized spacial score (nSPS) is 12.5. The Hall–Kier alpha value is -1.36. The van der Waals surface area contributed by atoms with E-state index in [0.717, 1.165) is 48.6 Å². The van der Waals surface area contributed by atoms with Crippen LogP contribution in [0.15, 0.2) is 42.5 Å². The van der Waals surface area contributed by atoms with Gasteiger partial charge < -0.3 is 10.1 Å². The number of halogens is 2. The van der Waals surface area contributed by atoms with Gasteiger partial charge in [0.15, 0.2) is 0 Å². The lowest BCUT2D eigenvalue weighted by atomic mass is 10.0. The zero-order chi connectivity index (χ0) is 18.1. The molecule has 3 rings (SSSR count). The molecule has 0 saturated heterocycles. The van der Waals surface area contributed by atoms with Gasteiger partial charge in [-0.2, -0.15) is 12.6 Å². The van der Waals surface area contributed by atoms with Crippen LogP contribution in [-0.2, 0) is 11.2 Å². The molecule has 6 heteroatoms. The number of thiol groups is 1.